The summed E-state index contributed by atoms with van der Waals surface area (Å²) in [5, 5.41) is 33.5. The van der Waals surface area contributed by atoms with Crippen molar-refractivity contribution < 1.29 is 20.1 Å². The van der Waals surface area contributed by atoms with Crippen LogP contribution in [0.4, 0.5) is 0 Å². The van der Waals surface area contributed by atoms with E-state index < -0.39 is 18.2 Å². The summed E-state index contributed by atoms with van der Waals surface area (Å²) in [6.07, 6.45) is 40.6. The Balaban J connectivity index is 3.60. The predicted molar refractivity (Wildman–Crippen MR) is 209 cm³/mol. The van der Waals surface area contributed by atoms with Gasteiger partial charge in [0.25, 0.3) is 0 Å². The SMILES string of the molecule is CCCCCCCCCCCCCCCCCCCC(=O)N[C@@H](CO)[C@H](O)[C@H](O)CCCCCCCCCCCCCCCCC(C)C. The van der Waals surface area contributed by atoms with Gasteiger partial charge in [-0.3, -0.25) is 4.79 Å². The van der Waals surface area contributed by atoms with Gasteiger partial charge in [-0.05, 0) is 18.8 Å². The lowest BCUT2D eigenvalue weighted by molar-refractivity contribution is -0.124. The molecule has 0 aromatic rings. The van der Waals surface area contributed by atoms with Crippen LogP contribution in [-0.2, 0) is 4.79 Å². The van der Waals surface area contributed by atoms with Gasteiger partial charge in [-0.15, -0.1) is 0 Å². The number of hydrogen-bond acceptors (Lipinski definition) is 4. The largest absolute Gasteiger partial charge is 0.394 e. The molecular weight excluding hydrogens is 594 g/mol. The molecule has 0 saturated heterocycles. The third kappa shape index (κ3) is 33.8. The third-order valence-corrected chi connectivity index (χ3v) is 10.4. The van der Waals surface area contributed by atoms with E-state index in [0.29, 0.717) is 12.8 Å². The summed E-state index contributed by atoms with van der Waals surface area (Å²) < 4.78 is 0. The van der Waals surface area contributed by atoms with E-state index in [1.54, 1.807) is 0 Å². The van der Waals surface area contributed by atoms with Crippen LogP contribution in [0.1, 0.15) is 239 Å². The van der Waals surface area contributed by atoms with E-state index in [1.165, 1.54) is 173 Å². The Morgan fingerprint density at radius 3 is 1.12 bits per heavy atom. The zero-order valence-corrected chi connectivity index (χ0v) is 32.8. The molecule has 0 rings (SSSR count). The fraction of sp³-hybridized carbons (Fsp3) is 0.977. The quantitative estimate of drug-likeness (QED) is 0.0486. The summed E-state index contributed by atoms with van der Waals surface area (Å²) in [7, 11) is 0. The van der Waals surface area contributed by atoms with Crippen LogP contribution in [-0.4, -0.2) is 46.1 Å². The van der Waals surface area contributed by atoms with Crippen LogP contribution in [0.25, 0.3) is 0 Å². The Kier molecular flexibility index (Phi) is 37.1. The van der Waals surface area contributed by atoms with Crippen molar-refractivity contribution >= 4 is 5.91 Å². The minimum atomic E-state index is -1.13. The van der Waals surface area contributed by atoms with Crippen LogP contribution in [0.5, 0.6) is 0 Å². The molecule has 5 heteroatoms. The molecule has 0 bridgehead atoms. The maximum Gasteiger partial charge on any atom is 0.220 e. The number of aliphatic hydroxyl groups is 3. The van der Waals surface area contributed by atoms with E-state index in [9.17, 15) is 20.1 Å². The first-order chi connectivity index (χ1) is 23.4. The zero-order valence-electron chi connectivity index (χ0n) is 32.8. The first kappa shape index (κ1) is 47.4. The number of carbonyl (C=O) groups excluding carboxylic acids is 1. The van der Waals surface area contributed by atoms with Crippen LogP contribution in [0.2, 0.25) is 0 Å². The molecule has 0 unspecified atom stereocenters. The Bertz CT molecular complexity index is 642. The summed E-state index contributed by atoms with van der Waals surface area (Å²) >= 11 is 0. The van der Waals surface area contributed by atoms with Crippen molar-refractivity contribution in [2.75, 3.05) is 6.61 Å². The van der Waals surface area contributed by atoms with Crippen LogP contribution < -0.4 is 5.32 Å². The van der Waals surface area contributed by atoms with E-state index in [2.05, 4.69) is 26.1 Å². The number of aliphatic hydroxyl groups excluding tert-OH is 3. The Hall–Kier alpha value is -0.650. The van der Waals surface area contributed by atoms with Gasteiger partial charge in [-0.2, -0.15) is 0 Å². The van der Waals surface area contributed by atoms with Gasteiger partial charge in [0.05, 0.1) is 18.8 Å². The van der Waals surface area contributed by atoms with Crippen molar-refractivity contribution in [2.45, 2.75) is 257 Å². The van der Waals surface area contributed by atoms with Gasteiger partial charge in [0.2, 0.25) is 5.91 Å². The third-order valence-electron chi connectivity index (χ3n) is 10.4. The Morgan fingerprint density at radius 1 is 0.479 bits per heavy atom. The zero-order chi connectivity index (χ0) is 35.3. The topological polar surface area (TPSA) is 89.8 Å². The van der Waals surface area contributed by atoms with Gasteiger partial charge >= 0.3 is 0 Å². The summed E-state index contributed by atoms with van der Waals surface area (Å²) in [5.74, 6) is 0.709. The van der Waals surface area contributed by atoms with Gasteiger partial charge in [0.15, 0.2) is 0 Å². The Morgan fingerprint density at radius 2 is 0.792 bits per heavy atom. The molecule has 1 amide bonds. The maximum atomic E-state index is 12.4. The number of hydrogen-bond donors (Lipinski definition) is 4. The van der Waals surface area contributed by atoms with Crippen molar-refractivity contribution in [3.05, 3.63) is 0 Å². The molecule has 0 aromatic carbocycles. The second-order valence-corrected chi connectivity index (χ2v) is 15.7. The summed E-state index contributed by atoms with van der Waals surface area (Å²) in [5.41, 5.74) is 0. The smallest absolute Gasteiger partial charge is 0.220 e. The van der Waals surface area contributed by atoms with Gasteiger partial charge < -0.3 is 20.6 Å². The number of nitrogens with one attached hydrogen (secondary N) is 1. The van der Waals surface area contributed by atoms with Crippen LogP contribution in [0.3, 0.4) is 0 Å². The molecular formula is C43H87NO4. The lowest BCUT2D eigenvalue weighted by atomic mass is 9.99. The van der Waals surface area contributed by atoms with E-state index >= 15 is 0 Å². The standard InChI is InChI=1S/C43H87NO4/c1-4-5-6-7-8-9-10-11-12-13-14-19-22-25-28-31-34-37-42(47)44-40(38-45)43(48)41(46)36-33-30-27-24-21-18-16-15-17-20-23-26-29-32-35-39(2)3/h39-41,43,45-46,48H,4-38H2,1-3H3,(H,44,47)/t40-,41+,43-/m0/s1. The lowest BCUT2D eigenvalue weighted by Gasteiger charge is -2.26. The average molecular weight is 682 g/mol. The van der Waals surface area contributed by atoms with E-state index in [0.717, 1.165) is 38.0 Å². The molecule has 0 heterocycles. The lowest BCUT2D eigenvalue weighted by Crippen LogP contribution is -2.50. The normalized spacial score (nSPS) is 13.6. The molecule has 0 saturated carbocycles. The second-order valence-electron chi connectivity index (χ2n) is 15.7. The van der Waals surface area contributed by atoms with Crippen LogP contribution in [0, 0.1) is 5.92 Å². The first-order valence-corrected chi connectivity index (χ1v) is 21.7. The molecule has 0 aromatic heterocycles. The number of rotatable bonds is 39. The van der Waals surface area contributed by atoms with Gasteiger partial charge in [0.1, 0.15) is 6.10 Å². The van der Waals surface area contributed by atoms with Crippen molar-refractivity contribution in [3.8, 4) is 0 Å². The fourth-order valence-corrected chi connectivity index (χ4v) is 6.99. The maximum absolute atomic E-state index is 12.4. The molecule has 0 fully saturated rings. The van der Waals surface area contributed by atoms with Crippen molar-refractivity contribution in [3.63, 3.8) is 0 Å². The van der Waals surface area contributed by atoms with Gasteiger partial charge in [-0.1, -0.05) is 220 Å². The highest BCUT2D eigenvalue weighted by Gasteiger charge is 2.26. The molecule has 0 spiro atoms. The number of carbonyl (C=O) groups is 1. The number of unbranched alkanes of at least 4 members (excludes halogenated alkanes) is 29. The highest BCUT2D eigenvalue weighted by molar-refractivity contribution is 5.76. The van der Waals surface area contributed by atoms with Crippen molar-refractivity contribution in [2.24, 2.45) is 5.92 Å². The Labute approximate surface area is 300 Å². The van der Waals surface area contributed by atoms with E-state index in [4.69, 9.17) is 0 Å². The molecule has 4 N–H and O–H groups in total. The molecule has 5 nitrogen and oxygen atoms in total. The fourth-order valence-electron chi connectivity index (χ4n) is 6.99. The highest BCUT2D eigenvalue weighted by Crippen LogP contribution is 2.17. The minimum Gasteiger partial charge on any atom is -0.394 e. The summed E-state index contributed by atoms with van der Waals surface area (Å²) in [6.45, 7) is 6.55. The van der Waals surface area contributed by atoms with Crippen LogP contribution in [0.15, 0.2) is 0 Å². The molecule has 0 aliphatic rings. The second kappa shape index (κ2) is 37.6. The first-order valence-electron chi connectivity index (χ1n) is 21.7. The molecule has 0 aliphatic carbocycles. The minimum absolute atomic E-state index is 0.140. The summed E-state index contributed by atoms with van der Waals surface area (Å²) in [4.78, 5) is 12.4. The average Bonchev–Trinajstić information content (AvgIpc) is 3.07. The van der Waals surface area contributed by atoms with Crippen LogP contribution >= 0.6 is 0 Å². The monoisotopic (exact) mass is 682 g/mol. The molecule has 0 aliphatic heterocycles. The predicted octanol–water partition coefficient (Wildman–Crippen LogP) is 12.1. The molecule has 0 radical (unpaired) electrons. The van der Waals surface area contributed by atoms with E-state index in [-0.39, 0.29) is 12.5 Å². The molecule has 288 valence electrons. The van der Waals surface area contributed by atoms with E-state index in [1.807, 2.05) is 0 Å². The molecule has 48 heavy (non-hydrogen) atoms. The number of amides is 1. The summed E-state index contributed by atoms with van der Waals surface area (Å²) in [6, 6.07) is -0.803. The molecule has 3 atom stereocenters. The van der Waals surface area contributed by atoms with Crippen molar-refractivity contribution in [1.82, 2.24) is 5.32 Å². The van der Waals surface area contributed by atoms with Gasteiger partial charge in [0, 0.05) is 6.42 Å². The van der Waals surface area contributed by atoms with Crippen molar-refractivity contribution in [1.29, 1.82) is 0 Å². The van der Waals surface area contributed by atoms with Gasteiger partial charge in [-0.25, -0.2) is 0 Å². The highest BCUT2D eigenvalue weighted by atomic mass is 16.3.